The zero-order chi connectivity index (χ0) is 9.47. The van der Waals surface area contributed by atoms with Crippen LogP contribution in [0, 0.1) is 5.41 Å². The first-order valence-corrected chi connectivity index (χ1v) is 4.71. The van der Waals surface area contributed by atoms with Gasteiger partial charge in [-0.2, -0.15) is 4.98 Å². The van der Waals surface area contributed by atoms with Crippen LogP contribution in [0.1, 0.15) is 38.9 Å². The van der Waals surface area contributed by atoms with Gasteiger partial charge in [-0.25, -0.2) is 0 Å². The third-order valence-electron chi connectivity index (χ3n) is 2.59. The molecule has 0 aliphatic heterocycles. The maximum atomic E-state index is 5.03. The second-order valence-corrected chi connectivity index (χ2v) is 4.23. The Bertz CT molecular complexity index is 306. The molecule has 0 amide bonds. The summed E-state index contributed by atoms with van der Waals surface area (Å²) in [4.78, 5) is 4.27. The first kappa shape index (κ1) is 8.53. The van der Waals surface area contributed by atoms with Crippen molar-refractivity contribution in [1.29, 1.82) is 0 Å². The maximum absolute atomic E-state index is 5.03. The summed E-state index contributed by atoms with van der Waals surface area (Å²) in [5, 5.41) is 6.94. The fourth-order valence-electron chi connectivity index (χ4n) is 1.51. The Kier molecular flexibility index (Phi) is 1.78. The maximum Gasteiger partial charge on any atom is 0.321 e. The van der Waals surface area contributed by atoms with E-state index < -0.39 is 0 Å². The van der Waals surface area contributed by atoms with E-state index in [0.29, 0.717) is 17.3 Å². The van der Waals surface area contributed by atoms with E-state index in [2.05, 4.69) is 29.3 Å². The van der Waals surface area contributed by atoms with Crippen LogP contribution in [-0.4, -0.2) is 16.7 Å². The average Bonchev–Trinajstić information content (AvgIpc) is 2.52. The summed E-state index contributed by atoms with van der Waals surface area (Å²) in [5.41, 5.74) is 0.368. The van der Waals surface area contributed by atoms with Crippen molar-refractivity contribution in [3.8, 4) is 0 Å². The van der Waals surface area contributed by atoms with Gasteiger partial charge in [-0.15, -0.1) is 0 Å². The molecule has 0 radical (unpaired) electrons. The first-order chi connectivity index (χ1) is 6.13. The third-order valence-corrected chi connectivity index (χ3v) is 2.59. The number of anilines is 1. The molecule has 4 nitrogen and oxygen atoms in total. The van der Waals surface area contributed by atoms with Crippen molar-refractivity contribution in [1.82, 2.24) is 10.1 Å². The van der Waals surface area contributed by atoms with Gasteiger partial charge in [-0.1, -0.05) is 19.0 Å². The lowest BCUT2D eigenvalue weighted by Crippen LogP contribution is -1.97. The highest BCUT2D eigenvalue weighted by Gasteiger charge is 2.49. The summed E-state index contributed by atoms with van der Waals surface area (Å²) in [6, 6.07) is 0.542. The smallest absolute Gasteiger partial charge is 0.321 e. The molecule has 1 aliphatic carbocycles. The molecule has 0 aromatic carbocycles. The zero-order valence-electron chi connectivity index (χ0n) is 8.29. The van der Waals surface area contributed by atoms with Crippen LogP contribution in [0.5, 0.6) is 0 Å². The van der Waals surface area contributed by atoms with Gasteiger partial charge in [0.05, 0.1) is 0 Å². The summed E-state index contributed by atoms with van der Waals surface area (Å²) < 4.78 is 5.03. The van der Waals surface area contributed by atoms with Crippen LogP contribution in [0.3, 0.4) is 0 Å². The molecule has 1 fully saturated rings. The van der Waals surface area contributed by atoms with E-state index in [1.54, 1.807) is 0 Å². The summed E-state index contributed by atoms with van der Waals surface area (Å²) in [7, 11) is 0. The Labute approximate surface area is 77.7 Å². The summed E-state index contributed by atoms with van der Waals surface area (Å²) in [6.45, 7) is 7.27. The Hall–Kier alpha value is -1.06. The molecule has 0 saturated heterocycles. The molecule has 1 aliphatic rings. The van der Waals surface area contributed by atoms with Crippen LogP contribution in [0.25, 0.3) is 0 Å². The number of rotatable bonds is 3. The van der Waals surface area contributed by atoms with E-state index in [1.165, 1.54) is 0 Å². The zero-order valence-corrected chi connectivity index (χ0v) is 8.29. The predicted molar refractivity (Wildman–Crippen MR) is 49.6 cm³/mol. The highest BCUT2D eigenvalue weighted by atomic mass is 16.5. The highest BCUT2D eigenvalue weighted by Crippen LogP contribution is 2.57. The van der Waals surface area contributed by atoms with Crippen molar-refractivity contribution >= 4 is 6.01 Å². The van der Waals surface area contributed by atoms with E-state index in [9.17, 15) is 0 Å². The fourth-order valence-corrected chi connectivity index (χ4v) is 1.51. The van der Waals surface area contributed by atoms with E-state index in [-0.39, 0.29) is 0 Å². The molecular formula is C9H15N3O. The topological polar surface area (TPSA) is 51.0 Å². The summed E-state index contributed by atoms with van der Waals surface area (Å²) >= 11 is 0. The lowest BCUT2D eigenvalue weighted by atomic mass is 10.1. The molecule has 1 N–H and O–H groups in total. The van der Waals surface area contributed by atoms with Gasteiger partial charge in [0.15, 0.2) is 5.82 Å². The minimum atomic E-state index is 0.368. The normalized spacial score (nSPS) is 24.4. The molecule has 1 aromatic rings. The van der Waals surface area contributed by atoms with Gasteiger partial charge < -0.3 is 9.84 Å². The summed E-state index contributed by atoms with van der Waals surface area (Å²) in [6.07, 6.45) is 1.16. The molecule has 0 spiro atoms. The Morgan fingerprint density at radius 3 is 2.85 bits per heavy atom. The predicted octanol–water partition coefficient (Wildman–Crippen LogP) is 2.01. The summed E-state index contributed by atoms with van der Waals surface area (Å²) in [5.74, 6) is 1.34. The molecule has 4 heteroatoms. The van der Waals surface area contributed by atoms with Crippen molar-refractivity contribution < 1.29 is 4.52 Å². The second kappa shape index (κ2) is 2.72. The van der Waals surface area contributed by atoms with Gasteiger partial charge in [0.25, 0.3) is 0 Å². The average molecular weight is 181 g/mol. The third kappa shape index (κ3) is 1.53. The number of hydrogen-bond donors (Lipinski definition) is 1. The van der Waals surface area contributed by atoms with E-state index in [4.69, 9.17) is 4.52 Å². The van der Waals surface area contributed by atoms with Crippen LogP contribution in [0.2, 0.25) is 0 Å². The van der Waals surface area contributed by atoms with Crippen LogP contribution < -0.4 is 5.32 Å². The van der Waals surface area contributed by atoms with E-state index in [1.807, 2.05) is 6.92 Å². The van der Waals surface area contributed by atoms with Crippen molar-refractivity contribution in [2.75, 3.05) is 11.9 Å². The van der Waals surface area contributed by atoms with Gasteiger partial charge >= 0.3 is 6.01 Å². The van der Waals surface area contributed by atoms with Crippen LogP contribution in [-0.2, 0) is 0 Å². The van der Waals surface area contributed by atoms with Crippen LogP contribution >= 0.6 is 0 Å². The van der Waals surface area contributed by atoms with Gasteiger partial charge in [0.1, 0.15) is 0 Å². The van der Waals surface area contributed by atoms with Crippen molar-refractivity contribution in [3.05, 3.63) is 5.82 Å². The molecule has 1 atom stereocenters. The molecule has 1 unspecified atom stereocenters. The minimum Gasteiger partial charge on any atom is -0.338 e. The fraction of sp³-hybridized carbons (Fsp3) is 0.778. The highest BCUT2D eigenvalue weighted by molar-refractivity contribution is 5.22. The molecule has 2 rings (SSSR count). The number of aromatic nitrogens is 2. The molecule has 0 bridgehead atoms. The van der Waals surface area contributed by atoms with Crippen LogP contribution in [0.15, 0.2) is 4.52 Å². The SMILES string of the molecule is CCNc1nc(C2CC2(C)C)no1. The molecular weight excluding hydrogens is 166 g/mol. The lowest BCUT2D eigenvalue weighted by molar-refractivity contribution is 0.420. The number of nitrogens with one attached hydrogen (secondary N) is 1. The molecule has 72 valence electrons. The quantitative estimate of drug-likeness (QED) is 0.775. The molecule has 1 aromatic heterocycles. The standard InChI is InChI=1S/C9H15N3O/c1-4-10-8-11-7(12-13-8)6-5-9(6,2)3/h6H,4-5H2,1-3H3,(H,10,11,12). The number of hydrogen-bond acceptors (Lipinski definition) is 4. The lowest BCUT2D eigenvalue weighted by Gasteiger charge is -1.95. The Morgan fingerprint density at radius 2 is 2.31 bits per heavy atom. The van der Waals surface area contributed by atoms with Crippen molar-refractivity contribution in [2.45, 2.75) is 33.1 Å². The Morgan fingerprint density at radius 1 is 1.62 bits per heavy atom. The molecule has 13 heavy (non-hydrogen) atoms. The van der Waals surface area contributed by atoms with Gasteiger partial charge in [-0.3, -0.25) is 0 Å². The largest absolute Gasteiger partial charge is 0.338 e. The van der Waals surface area contributed by atoms with Gasteiger partial charge in [0.2, 0.25) is 0 Å². The van der Waals surface area contributed by atoms with E-state index in [0.717, 1.165) is 18.8 Å². The van der Waals surface area contributed by atoms with Gasteiger partial charge in [0, 0.05) is 12.5 Å². The van der Waals surface area contributed by atoms with Crippen molar-refractivity contribution in [2.24, 2.45) is 5.41 Å². The Balaban J connectivity index is 2.07. The number of nitrogens with zero attached hydrogens (tertiary/aromatic N) is 2. The van der Waals surface area contributed by atoms with Crippen molar-refractivity contribution in [3.63, 3.8) is 0 Å². The minimum absolute atomic E-state index is 0.368. The monoisotopic (exact) mass is 181 g/mol. The van der Waals surface area contributed by atoms with Gasteiger partial charge in [-0.05, 0) is 18.8 Å². The van der Waals surface area contributed by atoms with Crippen LogP contribution in [0.4, 0.5) is 6.01 Å². The van der Waals surface area contributed by atoms with E-state index >= 15 is 0 Å². The molecule has 1 saturated carbocycles. The molecule has 1 heterocycles. The second-order valence-electron chi connectivity index (χ2n) is 4.23. The first-order valence-electron chi connectivity index (χ1n) is 4.71.